The van der Waals surface area contributed by atoms with Gasteiger partial charge in [0.2, 0.25) is 5.91 Å². The number of carbonyl (C=O) groups excluding carboxylic acids is 1. The summed E-state index contributed by atoms with van der Waals surface area (Å²) in [6.07, 6.45) is 55.4. The highest BCUT2D eigenvalue weighted by molar-refractivity contribution is 5.76. The number of unbranched alkanes of at least 4 members (excludes halogenated alkanes) is 39. The fraction of sp³-hybridized carbons (Fsp3) is 0.980. The summed E-state index contributed by atoms with van der Waals surface area (Å²) in [4.78, 5) is 12.5. The van der Waals surface area contributed by atoms with Crippen molar-refractivity contribution in [3.8, 4) is 0 Å². The summed E-state index contributed by atoms with van der Waals surface area (Å²) in [6, 6.07) is -0.652. The number of hydrogen-bond donors (Lipinski definition) is 4. The van der Waals surface area contributed by atoms with Crippen molar-refractivity contribution in [2.24, 2.45) is 0 Å². The lowest BCUT2D eigenvalue weighted by Crippen LogP contribution is -2.46. The molecular weight excluding hydrogens is 691 g/mol. The van der Waals surface area contributed by atoms with Gasteiger partial charge in [0.05, 0.1) is 31.3 Å². The molecular formula is C51H103NO4. The van der Waals surface area contributed by atoms with E-state index in [1.807, 2.05) is 0 Å². The van der Waals surface area contributed by atoms with Gasteiger partial charge in [-0.2, -0.15) is 0 Å². The van der Waals surface area contributed by atoms with E-state index < -0.39 is 18.2 Å². The van der Waals surface area contributed by atoms with E-state index in [4.69, 9.17) is 0 Å². The van der Waals surface area contributed by atoms with Crippen LogP contribution in [0.4, 0.5) is 0 Å². The van der Waals surface area contributed by atoms with E-state index in [9.17, 15) is 20.1 Å². The van der Waals surface area contributed by atoms with Gasteiger partial charge < -0.3 is 20.6 Å². The zero-order chi connectivity index (χ0) is 40.8. The first-order valence-corrected chi connectivity index (χ1v) is 25.8. The molecule has 0 spiro atoms. The molecule has 0 rings (SSSR count). The van der Waals surface area contributed by atoms with Crippen molar-refractivity contribution in [3.05, 3.63) is 0 Å². The van der Waals surface area contributed by atoms with Gasteiger partial charge in [0.25, 0.3) is 0 Å². The van der Waals surface area contributed by atoms with Crippen LogP contribution in [0.25, 0.3) is 0 Å². The summed E-state index contributed by atoms with van der Waals surface area (Å²) < 4.78 is 0. The fourth-order valence-electron chi connectivity index (χ4n) is 8.47. The number of rotatable bonds is 48. The Labute approximate surface area is 351 Å². The molecule has 0 saturated heterocycles. The Morgan fingerprint density at radius 2 is 0.607 bits per heavy atom. The number of aliphatic hydroxyl groups is 3. The quantitative estimate of drug-likeness (QED) is 0.0462. The van der Waals surface area contributed by atoms with E-state index in [0.717, 1.165) is 25.7 Å². The first-order chi connectivity index (χ1) is 27.5. The number of hydrogen-bond acceptors (Lipinski definition) is 4. The van der Waals surface area contributed by atoms with Crippen LogP contribution in [0.15, 0.2) is 0 Å². The third kappa shape index (κ3) is 42.9. The molecule has 0 aliphatic carbocycles. The monoisotopic (exact) mass is 794 g/mol. The molecule has 0 heterocycles. The lowest BCUT2D eigenvalue weighted by molar-refractivity contribution is -0.125. The molecule has 0 aromatic heterocycles. The molecule has 56 heavy (non-hydrogen) atoms. The van der Waals surface area contributed by atoms with Gasteiger partial charge in [-0.3, -0.25) is 4.79 Å². The SMILES string of the molecule is CCCCCCCCCCCCCCCCCCCCCCCCCCCCCCCC(O)CC(=O)NC(CO)C(O)CCCCCCCCCCCCCC. The Balaban J connectivity index is 3.44. The Morgan fingerprint density at radius 1 is 0.375 bits per heavy atom. The normalized spacial score (nSPS) is 13.3. The van der Waals surface area contributed by atoms with Crippen molar-refractivity contribution in [3.63, 3.8) is 0 Å². The third-order valence-corrected chi connectivity index (χ3v) is 12.4. The van der Waals surface area contributed by atoms with E-state index in [1.54, 1.807) is 0 Å². The van der Waals surface area contributed by atoms with Gasteiger partial charge in [0.15, 0.2) is 0 Å². The van der Waals surface area contributed by atoms with E-state index in [0.29, 0.717) is 12.8 Å². The first-order valence-electron chi connectivity index (χ1n) is 25.8. The molecule has 1 amide bonds. The van der Waals surface area contributed by atoms with Crippen molar-refractivity contribution in [2.75, 3.05) is 6.61 Å². The predicted octanol–water partition coefficient (Wildman–Crippen LogP) is 15.4. The van der Waals surface area contributed by atoms with Crippen LogP contribution < -0.4 is 5.32 Å². The Hall–Kier alpha value is -0.650. The molecule has 0 radical (unpaired) electrons. The van der Waals surface area contributed by atoms with Crippen molar-refractivity contribution < 1.29 is 20.1 Å². The van der Waals surface area contributed by atoms with Gasteiger partial charge in [-0.1, -0.05) is 277 Å². The molecule has 3 unspecified atom stereocenters. The van der Waals surface area contributed by atoms with Crippen molar-refractivity contribution in [2.45, 2.75) is 315 Å². The zero-order valence-corrected chi connectivity index (χ0v) is 38.3. The average Bonchev–Trinajstić information content (AvgIpc) is 3.19. The molecule has 5 heteroatoms. The topological polar surface area (TPSA) is 89.8 Å². The second-order valence-corrected chi connectivity index (χ2v) is 18.1. The van der Waals surface area contributed by atoms with E-state index >= 15 is 0 Å². The van der Waals surface area contributed by atoms with Gasteiger partial charge in [-0.05, 0) is 12.8 Å². The first kappa shape index (κ1) is 55.4. The summed E-state index contributed by atoms with van der Waals surface area (Å²) >= 11 is 0. The van der Waals surface area contributed by atoms with Crippen molar-refractivity contribution >= 4 is 5.91 Å². The summed E-state index contributed by atoms with van der Waals surface area (Å²) in [7, 11) is 0. The highest BCUT2D eigenvalue weighted by atomic mass is 16.3. The number of nitrogens with one attached hydrogen (secondary N) is 1. The second kappa shape index (κ2) is 47.0. The Morgan fingerprint density at radius 3 is 0.857 bits per heavy atom. The molecule has 0 aromatic rings. The molecule has 0 bridgehead atoms. The molecule has 0 aromatic carbocycles. The summed E-state index contributed by atoms with van der Waals surface area (Å²) in [5.41, 5.74) is 0. The fourth-order valence-corrected chi connectivity index (χ4v) is 8.47. The molecule has 0 aliphatic heterocycles. The Bertz CT molecular complexity index is 747. The maximum absolute atomic E-state index is 12.5. The van der Waals surface area contributed by atoms with Gasteiger partial charge in [-0.25, -0.2) is 0 Å². The van der Waals surface area contributed by atoms with Crippen LogP contribution in [0.5, 0.6) is 0 Å². The number of carbonyl (C=O) groups is 1. The van der Waals surface area contributed by atoms with Crippen LogP contribution in [0, 0.1) is 0 Å². The standard InChI is InChI=1S/C51H103NO4/c1-3-5-7-9-11-13-15-17-18-19-20-21-22-23-24-25-26-27-28-29-30-31-32-33-34-36-38-40-42-44-48(54)46-51(56)52-49(47-53)50(55)45-43-41-39-37-35-16-14-12-10-8-6-4-2/h48-50,53-55H,3-47H2,1-2H3,(H,52,56). The van der Waals surface area contributed by atoms with Crippen LogP contribution >= 0.6 is 0 Å². The number of amides is 1. The largest absolute Gasteiger partial charge is 0.394 e. The minimum Gasteiger partial charge on any atom is -0.394 e. The average molecular weight is 794 g/mol. The highest BCUT2D eigenvalue weighted by Crippen LogP contribution is 2.18. The van der Waals surface area contributed by atoms with Gasteiger partial charge >= 0.3 is 0 Å². The van der Waals surface area contributed by atoms with Crippen LogP contribution in [0.3, 0.4) is 0 Å². The van der Waals surface area contributed by atoms with Crippen LogP contribution in [0.2, 0.25) is 0 Å². The molecule has 0 aliphatic rings. The highest BCUT2D eigenvalue weighted by Gasteiger charge is 2.21. The van der Waals surface area contributed by atoms with Gasteiger partial charge in [0, 0.05) is 0 Å². The van der Waals surface area contributed by atoms with E-state index in [1.165, 1.54) is 238 Å². The maximum atomic E-state index is 12.5. The van der Waals surface area contributed by atoms with Crippen molar-refractivity contribution in [1.82, 2.24) is 5.32 Å². The third-order valence-electron chi connectivity index (χ3n) is 12.4. The number of aliphatic hydroxyl groups excluding tert-OH is 3. The minimum absolute atomic E-state index is 0.0430. The second-order valence-electron chi connectivity index (χ2n) is 18.1. The summed E-state index contributed by atoms with van der Waals surface area (Å²) in [5, 5.41) is 33.4. The smallest absolute Gasteiger partial charge is 0.222 e. The summed E-state index contributed by atoms with van der Waals surface area (Å²) in [5.74, 6) is -0.277. The molecule has 336 valence electrons. The van der Waals surface area contributed by atoms with Gasteiger partial charge in [-0.15, -0.1) is 0 Å². The minimum atomic E-state index is -0.743. The molecule has 5 nitrogen and oxygen atoms in total. The van der Waals surface area contributed by atoms with E-state index in [-0.39, 0.29) is 18.9 Å². The molecule has 3 atom stereocenters. The van der Waals surface area contributed by atoms with Crippen molar-refractivity contribution in [1.29, 1.82) is 0 Å². The van der Waals surface area contributed by atoms with E-state index in [2.05, 4.69) is 19.2 Å². The zero-order valence-electron chi connectivity index (χ0n) is 38.3. The maximum Gasteiger partial charge on any atom is 0.222 e. The van der Waals surface area contributed by atoms with Crippen LogP contribution in [-0.2, 0) is 4.79 Å². The molecule has 0 fully saturated rings. The summed E-state index contributed by atoms with van der Waals surface area (Å²) in [6.45, 7) is 4.28. The lowest BCUT2D eigenvalue weighted by atomic mass is 10.0. The molecule has 4 N–H and O–H groups in total. The van der Waals surface area contributed by atoms with Gasteiger partial charge in [0.1, 0.15) is 0 Å². The lowest BCUT2D eigenvalue weighted by Gasteiger charge is -2.23. The van der Waals surface area contributed by atoms with Crippen LogP contribution in [-0.4, -0.2) is 46.1 Å². The Kier molecular flexibility index (Phi) is 46.5. The van der Waals surface area contributed by atoms with Crippen LogP contribution in [0.1, 0.15) is 296 Å². The predicted molar refractivity (Wildman–Crippen MR) is 246 cm³/mol. The molecule has 0 saturated carbocycles.